The van der Waals surface area contributed by atoms with Crippen LogP contribution in [0.1, 0.15) is 16.8 Å². The number of anilines is 1. The van der Waals surface area contributed by atoms with Gasteiger partial charge < -0.3 is 10.2 Å². The van der Waals surface area contributed by atoms with Crippen molar-refractivity contribution in [3.05, 3.63) is 76.6 Å². The highest BCUT2D eigenvalue weighted by molar-refractivity contribution is 6.30. The predicted octanol–water partition coefficient (Wildman–Crippen LogP) is 2.80. The van der Waals surface area contributed by atoms with E-state index in [2.05, 4.69) is 10.4 Å². The summed E-state index contributed by atoms with van der Waals surface area (Å²) in [5, 5.41) is 8.09. The predicted molar refractivity (Wildman–Crippen MR) is 109 cm³/mol. The minimum Gasteiger partial charge on any atom is -0.326 e. The van der Waals surface area contributed by atoms with Crippen LogP contribution in [-0.4, -0.2) is 29.3 Å². The molecule has 0 fully saturated rings. The van der Waals surface area contributed by atoms with Crippen LogP contribution in [0.15, 0.2) is 54.6 Å². The maximum absolute atomic E-state index is 12.3. The highest BCUT2D eigenvalue weighted by Gasteiger charge is 2.19. The Bertz CT molecular complexity index is 919. The highest BCUT2D eigenvalue weighted by Crippen LogP contribution is 2.22. The van der Waals surface area contributed by atoms with Crippen molar-refractivity contribution in [3.8, 4) is 5.69 Å². The molecule has 6 heteroatoms. The van der Waals surface area contributed by atoms with Crippen molar-refractivity contribution in [1.82, 2.24) is 9.78 Å². The van der Waals surface area contributed by atoms with Gasteiger partial charge in [-0.3, -0.25) is 4.79 Å². The molecule has 0 spiro atoms. The Morgan fingerprint density at radius 1 is 1.11 bits per heavy atom. The summed E-state index contributed by atoms with van der Waals surface area (Å²) < 4.78 is 1.74. The third-order valence-electron chi connectivity index (χ3n) is 4.40. The van der Waals surface area contributed by atoms with Crippen LogP contribution < -0.4 is 10.2 Å². The Morgan fingerprint density at radius 2 is 1.78 bits per heavy atom. The summed E-state index contributed by atoms with van der Waals surface area (Å²) in [6.45, 7) is 4.94. The molecule has 0 radical (unpaired) electrons. The van der Waals surface area contributed by atoms with Gasteiger partial charge in [-0.2, -0.15) is 5.10 Å². The van der Waals surface area contributed by atoms with Crippen LogP contribution in [0, 0.1) is 13.8 Å². The molecule has 1 atom stereocenters. The van der Waals surface area contributed by atoms with Gasteiger partial charge in [-0.25, -0.2) is 4.68 Å². The molecule has 3 rings (SSSR count). The largest absolute Gasteiger partial charge is 0.326 e. The van der Waals surface area contributed by atoms with Crippen molar-refractivity contribution in [2.45, 2.75) is 20.4 Å². The minimum absolute atomic E-state index is 0.0272. The number of carbonyl (C=O) groups is 1. The second kappa shape index (κ2) is 8.37. The molecular weight excluding hydrogens is 360 g/mol. The minimum atomic E-state index is -0.0272. The molecule has 0 aliphatic carbocycles. The number of nitrogens with zero attached hydrogens (tertiary/aromatic N) is 2. The number of hydrogen-bond acceptors (Lipinski definition) is 2. The standard InChI is InChI=1S/C21H23ClN4O/c1-15-9-11-17(12-10-15)23-20(27)14-25(3)13-19-16(2)24-26(21(19)22)18-7-5-4-6-8-18/h4-12H,13-14H2,1-3H3,(H,23,27)/p+1. The molecule has 0 aliphatic rings. The molecule has 0 bridgehead atoms. The third kappa shape index (κ3) is 4.76. The van der Waals surface area contributed by atoms with Crippen molar-refractivity contribution in [2.24, 2.45) is 0 Å². The number of aromatic nitrogens is 2. The highest BCUT2D eigenvalue weighted by atomic mass is 35.5. The molecule has 0 saturated carbocycles. The van der Waals surface area contributed by atoms with Gasteiger partial charge in [0.2, 0.25) is 0 Å². The first-order chi connectivity index (χ1) is 12.9. The van der Waals surface area contributed by atoms with Crippen molar-refractivity contribution in [2.75, 3.05) is 18.9 Å². The van der Waals surface area contributed by atoms with Gasteiger partial charge in [-0.1, -0.05) is 47.5 Å². The van der Waals surface area contributed by atoms with E-state index in [1.165, 1.54) is 0 Å². The van der Waals surface area contributed by atoms with Crippen LogP contribution in [0.2, 0.25) is 5.15 Å². The lowest BCUT2D eigenvalue weighted by Crippen LogP contribution is -3.08. The maximum atomic E-state index is 12.3. The molecule has 0 aliphatic heterocycles. The second-order valence-corrected chi connectivity index (χ2v) is 7.19. The fourth-order valence-electron chi connectivity index (χ4n) is 2.95. The summed E-state index contributed by atoms with van der Waals surface area (Å²) in [7, 11) is 1.98. The molecule has 1 heterocycles. The molecule has 3 aromatic rings. The molecular formula is C21H24ClN4O+. The summed E-state index contributed by atoms with van der Waals surface area (Å²) in [4.78, 5) is 13.3. The molecule has 2 aromatic carbocycles. The lowest BCUT2D eigenvalue weighted by atomic mass is 10.2. The summed E-state index contributed by atoms with van der Waals surface area (Å²) in [6, 6.07) is 17.6. The van der Waals surface area contributed by atoms with Crippen molar-refractivity contribution in [3.63, 3.8) is 0 Å². The van der Waals surface area contributed by atoms with E-state index in [4.69, 9.17) is 11.6 Å². The van der Waals surface area contributed by atoms with Crippen LogP contribution >= 0.6 is 11.6 Å². The first-order valence-corrected chi connectivity index (χ1v) is 9.29. The normalized spacial score (nSPS) is 12.0. The van der Waals surface area contributed by atoms with Crippen LogP contribution in [-0.2, 0) is 11.3 Å². The zero-order chi connectivity index (χ0) is 19.4. The number of aryl methyl sites for hydroxylation is 2. The van der Waals surface area contributed by atoms with Gasteiger partial charge in [0, 0.05) is 5.69 Å². The van der Waals surface area contributed by atoms with Gasteiger partial charge in [0.25, 0.3) is 5.91 Å². The summed E-state index contributed by atoms with van der Waals surface area (Å²) >= 11 is 6.58. The quantitative estimate of drug-likeness (QED) is 0.687. The van der Waals surface area contributed by atoms with E-state index in [1.54, 1.807) is 4.68 Å². The molecule has 1 unspecified atom stereocenters. The third-order valence-corrected chi connectivity index (χ3v) is 4.79. The number of quaternary nitrogens is 1. The van der Waals surface area contributed by atoms with E-state index >= 15 is 0 Å². The zero-order valence-corrected chi connectivity index (χ0v) is 16.5. The summed E-state index contributed by atoms with van der Waals surface area (Å²) in [5.41, 5.74) is 4.73. The number of carbonyl (C=O) groups excluding carboxylic acids is 1. The number of nitrogens with one attached hydrogen (secondary N) is 2. The molecule has 27 heavy (non-hydrogen) atoms. The van der Waals surface area contributed by atoms with Crippen LogP contribution in [0.3, 0.4) is 0 Å². The second-order valence-electron chi connectivity index (χ2n) is 6.83. The molecule has 140 valence electrons. The number of benzene rings is 2. The van der Waals surface area contributed by atoms with E-state index in [0.29, 0.717) is 18.2 Å². The fraction of sp³-hybridized carbons (Fsp3) is 0.238. The molecule has 0 saturated heterocycles. The van der Waals surface area contributed by atoms with E-state index in [9.17, 15) is 4.79 Å². The van der Waals surface area contributed by atoms with Gasteiger partial charge in [0.05, 0.1) is 24.0 Å². The molecule has 1 aromatic heterocycles. The number of halogens is 1. The fourth-order valence-corrected chi connectivity index (χ4v) is 3.29. The van der Waals surface area contributed by atoms with Gasteiger partial charge in [0.1, 0.15) is 11.7 Å². The lowest BCUT2D eigenvalue weighted by Gasteiger charge is -2.14. The monoisotopic (exact) mass is 383 g/mol. The van der Waals surface area contributed by atoms with E-state index < -0.39 is 0 Å². The van der Waals surface area contributed by atoms with Gasteiger partial charge in [0.15, 0.2) is 6.54 Å². The smallest absolute Gasteiger partial charge is 0.279 e. The Labute approximate surface area is 164 Å². The van der Waals surface area contributed by atoms with Gasteiger partial charge in [-0.15, -0.1) is 0 Å². The van der Waals surface area contributed by atoms with Crippen molar-refractivity contribution in [1.29, 1.82) is 0 Å². The van der Waals surface area contributed by atoms with E-state index in [-0.39, 0.29) is 5.91 Å². The molecule has 5 nitrogen and oxygen atoms in total. The van der Waals surface area contributed by atoms with E-state index in [1.807, 2.05) is 75.5 Å². The van der Waals surface area contributed by atoms with Crippen LogP contribution in [0.25, 0.3) is 5.69 Å². The van der Waals surface area contributed by atoms with Crippen LogP contribution in [0.5, 0.6) is 0 Å². The number of hydrogen-bond donors (Lipinski definition) is 2. The number of para-hydroxylation sites is 1. The van der Waals surface area contributed by atoms with Crippen molar-refractivity contribution < 1.29 is 9.69 Å². The maximum Gasteiger partial charge on any atom is 0.279 e. The Hall–Kier alpha value is -2.63. The number of rotatable bonds is 6. The number of amides is 1. The SMILES string of the molecule is Cc1ccc(NC(=O)C[NH+](C)Cc2c(C)nn(-c3ccccc3)c2Cl)cc1. The van der Waals surface area contributed by atoms with Crippen LogP contribution in [0.4, 0.5) is 5.69 Å². The average Bonchev–Trinajstić information content (AvgIpc) is 2.92. The molecule has 2 N–H and O–H groups in total. The Balaban J connectivity index is 1.65. The topological polar surface area (TPSA) is 51.4 Å². The zero-order valence-electron chi connectivity index (χ0n) is 15.8. The van der Waals surface area contributed by atoms with Gasteiger partial charge in [-0.05, 0) is 38.1 Å². The number of likely N-dealkylation sites (N-methyl/N-ethyl adjacent to an activating group) is 1. The molecule has 1 amide bonds. The van der Waals surface area contributed by atoms with E-state index in [0.717, 1.165) is 33.1 Å². The summed E-state index contributed by atoms with van der Waals surface area (Å²) in [6.07, 6.45) is 0. The average molecular weight is 384 g/mol. The Morgan fingerprint density at radius 3 is 2.44 bits per heavy atom. The first-order valence-electron chi connectivity index (χ1n) is 8.91. The first kappa shape index (κ1) is 19.1. The Kier molecular flexibility index (Phi) is 5.94. The summed E-state index contributed by atoms with van der Waals surface area (Å²) in [5.74, 6) is -0.0272. The van der Waals surface area contributed by atoms with Gasteiger partial charge >= 0.3 is 0 Å². The lowest BCUT2D eigenvalue weighted by molar-refractivity contribution is -0.885. The van der Waals surface area contributed by atoms with Crippen molar-refractivity contribution >= 4 is 23.2 Å².